The van der Waals surface area contributed by atoms with Crippen LogP contribution in [0.3, 0.4) is 0 Å². The first-order valence-electron chi connectivity index (χ1n) is 18.1. The van der Waals surface area contributed by atoms with Gasteiger partial charge in [-0.3, -0.25) is 19.2 Å². The van der Waals surface area contributed by atoms with Gasteiger partial charge in [-0.05, 0) is 124 Å². The third-order valence-corrected chi connectivity index (χ3v) is 10.3. The van der Waals surface area contributed by atoms with Crippen LogP contribution in [0.4, 0.5) is 4.79 Å². The number of ketones is 3. The van der Waals surface area contributed by atoms with Gasteiger partial charge in [0.1, 0.15) is 18.1 Å². The van der Waals surface area contributed by atoms with Gasteiger partial charge in [-0.2, -0.15) is 0 Å². The number of hydrogen-bond acceptors (Lipinski definition) is 9. The molecule has 0 aromatic heterocycles. The monoisotopic (exact) mass is 694 g/mol. The summed E-state index contributed by atoms with van der Waals surface area (Å²) in [5, 5.41) is 6.37. The molecule has 1 unspecified atom stereocenters. The van der Waals surface area contributed by atoms with Crippen LogP contribution in [0, 0.1) is 0 Å². The zero-order chi connectivity index (χ0) is 36.6. The number of hydrogen-bond donors (Lipinski definition) is 2. The van der Waals surface area contributed by atoms with Gasteiger partial charge in [0.2, 0.25) is 0 Å². The second-order valence-corrected chi connectivity index (χ2v) is 13.5. The average Bonchev–Trinajstić information content (AvgIpc) is 3.78. The molecule has 11 heteroatoms. The van der Waals surface area contributed by atoms with Crippen LogP contribution in [-0.2, 0) is 19.1 Å². The number of likely N-dealkylation sites (N-methyl/N-ethyl adjacent to an activating group) is 2. The summed E-state index contributed by atoms with van der Waals surface area (Å²) >= 11 is 0. The van der Waals surface area contributed by atoms with E-state index < -0.39 is 11.1 Å². The van der Waals surface area contributed by atoms with Gasteiger partial charge in [0.15, 0.2) is 11.6 Å². The van der Waals surface area contributed by atoms with E-state index in [1.807, 2.05) is 19.2 Å². The maximum atomic E-state index is 13.0. The third-order valence-electron chi connectivity index (χ3n) is 10.3. The molecule has 2 aliphatic rings. The van der Waals surface area contributed by atoms with Gasteiger partial charge in [0.25, 0.3) is 5.91 Å². The molecule has 11 nitrogen and oxygen atoms in total. The van der Waals surface area contributed by atoms with E-state index in [-0.39, 0.29) is 35.4 Å². The second-order valence-electron chi connectivity index (χ2n) is 13.5. The van der Waals surface area contributed by atoms with Crippen molar-refractivity contribution in [2.75, 3.05) is 46.9 Å². The molecular formula is C39H58N4O7. The lowest BCUT2D eigenvalue weighted by molar-refractivity contribution is -0.124. The molecule has 2 heterocycles. The SMILES string of the molecule is CNC(CCC/C=C/CCCOC(=O)N1CC[C@@](NC)(C(C)=O)C1)(CCC/C=C/COc1cccc(C(=O)N2CCC[C@H]2C(C)=O)c1)C(C)=O. The Kier molecular flexibility index (Phi) is 16.3. The fourth-order valence-corrected chi connectivity index (χ4v) is 6.91. The number of carbonyl (C=O) groups is 5. The van der Waals surface area contributed by atoms with Crippen molar-refractivity contribution >= 4 is 29.4 Å². The summed E-state index contributed by atoms with van der Waals surface area (Å²) < 4.78 is 11.3. The van der Waals surface area contributed by atoms with Crippen LogP contribution in [0.25, 0.3) is 0 Å². The predicted octanol–water partition coefficient (Wildman–Crippen LogP) is 5.43. The maximum absolute atomic E-state index is 13.0. The number of nitrogens with one attached hydrogen (secondary N) is 2. The van der Waals surface area contributed by atoms with Gasteiger partial charge >= 0.3 is 6.09 Å². The lowest BCUT2D eigenvalue weighted by atomic mass is 9.83. The highest BCUT2D eigenvalue weighted by molar-refractivity contribution is 5.98. The van der Waals surface area contributed by atoms with E-state index in [9.17, 15) is 24.0 Å². The molecule has 0 aliphatic carbocycles. The molecule has 1 aromatic carbocycles. The Labute approximate surface area is 298 Å². The summed E-state index contributed by atoms with van der Waals surface area (Å²) in [5.74, 6) is 0.664. The molecule has 2 aliphatic heterocycles. The number of rotatable bonds is 21. The highest BCUT2D eigenvalue weighted by atomic mass is 16.6. The molecule has 0 saturated carbocycles. The Bertz CT molecular complexity index is 1380. The number of unbranched alkanes of at least 4 members (excludes halogenated alkanes) is 3. The molecule has 2 fully saturated rings. The van der Waals surface area contributed by atoms with Gasteiger partial charge in [0, 0.05) is 25.2 Å². The molecule has 0 radical (unpaired) electrons. The number of likely N-dealkylation sites (tertiary alicyclic amines) is 2. The first kappa shape index (κ1) is 40.6. The summed E-state index contributed by atoms with van der Waals surface area (Å²) in [6.45, 7) is 6.88. The minimum atomic E-state index is -0.668. The zero-order valence-corrected chi connectivity index (χ0v) is 30.8. The summed E-state index contributed by atoms with van der Waals surface area (Å²) in [6, 6.07) is 6.76. The summed E-state index contributed by atoms with van der Waals surface area (Å²) in [5.41, 5.74) is -0.703. The van der Waals surface area contributed by atoms with Gasteiger partial charge in [-0.25, -0.2) is 4.79 Å². The van der Waals surface area contributed by atoms with Gasteiger partial charge in [0.05, 0.1) is 23.7 Å². The van der Waals surface area contributed by atoms with Crippen LogP contribution >= 0.6 is 0 Å². The Morgan fingerprint density at radius 2 is 1.62 bits per heavy atom. The van der Waals surface area contributed by atoms with E-state index in [4.69, 9.17) is 9.47 Å². The standard InChI is InChI=1S/C39H58N4O7/c1-30(44)35-20-17-24-43(35)36(47)33-18-16-19-34(28-33)49-26-14-11-9-13-22-38(40-4,31(2)45)21-12-8-6-7-10-15-27-50-37(48)42-25-23-39(29-42,41-5)32(3)46/h6-7,11,14,16,18-19,28,35,40-41H,8-10,12-13,15,17,20-27,29H2,1-5H3/b7-6+,14-11+/t35-,38?,39-/m0/s1. The number of ether oxygens (including phenoxy) is 2. The molecule has 50 heavy (non-hydrogen) atoms. The lowest BCUT2D eigenvalue weighted by Crippen LogP contribution is -2.51. The Morgan fingerprint density at radius 3 is 2.22 bits per heavy atom. The van der Waals surface area contributed by atoms with Crippen molar-refractivity contribution in [3.8, 4) is 5.75 Å². The van der Waals surface area contributed by atoms with Crippen molar-refractivity contribution in [1.82, 2.24) is 20.4 Å². The van der Waals surface area contributed by atoms with E-state index >= 15 is 0 Å². The fraction of sp³-hybridized carbons (Fsp3) is 0.615. The molecule has 0 spiro atoms. The topological polar surface area (TPSA) is 134 Å². The van der Waals surface area contributed by atoms with Crippen molar-refractivity contribution in [2.45, 2.75) is 109 Å². The van der Waals surface area contributed by atoms with Gasteiger partial charge in [-0.1, -0.05) is 30.4 Å². The van der Waals surface area contributed by atoms with E-state index in [2.05, 4.69) is 28.9 Å². The van der Waals surface area contributed by atoms with Crippen LogP contribution < -0.4 is 15.4 Å². The normalized spacial score (nSPS) is 20.4. The van der Waals surface area contributed by atoms with E-state index in [0.29, 0.717) is 57.0 Å². The minimum absolute atomic E-state index is 0.0229. The Balaban J connectivity index is 1.31. The van der Waals surface area contributed by atoms with Crippen LogP contribution in [0.1, 0.15) is 102 Å². The minimum Gasteiger partial charge on any atom is -0.490 e. The molecule has 2 N–H and O–H groups in total. The van der Waals surface area contributed by atoms with Gasteiger partial charge < -0.3 is 29.9 Å². The number of allylic oxidation sites excluding steroid dienone is 3. The first-order valence-corrected chi connectivity index (χ1v) is 18.1. The van der Waals surface area contributed by atoms with Crippen molar-refractivity contribution in [1.29, 1.82) is 0 Å². The van der Waals surface area contributed by atoms with Crippen LogP contribution in [-0.4, -0.2) is 103 Å². The van der Waals surface area contributed by atoms with Gasteiger partial charge in [-0.15, -0.1) is 0 Å². The quantitative estimate of drug-likeness (QED) is 0.128. The van der Waals surface area contributed by atoms with E-state index in [0.717, 1.165) is 57.8 Å². The van der Waals surface area contributed by atoms with Crippen LogP contribution in [0.5, 0.6) is 5.75 Å². The lowest BCUT2D eigenvalue weighted by Gasteiger charge is -2.31. The van der Waals surface area contributed by atoms with Crippen molar-refractivity contribution in [2.24, 2.45) is 0 Å². The summed E-state index contributed by atoms with van der Waals surface area (Å²) in [4.78, 5) is 65.2. The molecular weight excluding hydrogens is 636 g/mol. The predicted molar refractivity (Wildman–Crippen MR) is 194 cm³/mol. The summed E-state index contributed by atoms with van der Waals surface area (Å²) in [7, 11) is 3.60. The largest absolute Gasteiger partial charge is 0.490 e. The smallest absolute Gasteiger partial charge is 0.409 e. The van der Waals surface area contributed by atoms with Crippen LogP contribution in [0.2, 0.25) is 0 Å². The molecule has 3 atom stereocenters. The van der Waals surface area contributed by atoms with E-state index in [1.165, 1.54) is 6.92 Å². The maximum Gasteiger partial charge on any atom is 0.409 e. The van der Waals surface area contributed by atoms with Crippen molar-refractivity contribution in [3.05, 3.63) is 54.1 Å². The second kappa shape index (κ2) is 20.1. The van der Waals surface area contributed by atoms with E-state index in [1.54, 1.807) is 48.9 Å². The van der Waals surface area contributed by atoms with Crippen LogP contribution in [0.15, 0.2) is 48.6 Å². The molecule has 0 bridgehead atoms. The molecule has 2 amide bonds. The zero-order valence-electron chi connectivity index (χ0n) is 30.8. The van der Waals surface area contributed by atoms with Crippen molar-refractivity contribution < 1.29 is 33.4 Å². The number of amides is 2. The Morgan fingerprint density at radius 1 is 0.940 bits per heavy atom. The molecule has 276 valence electrons. The first-order chi connectivity index (χ1) is 24.0. The molecule has 1 aromatic rings. The highest BCUT2D eigenvalue weighted by Gasteiger charge is 2.43. The Hall–Kier alpha value is -3.83. The third kappa shape index (κ3) is 11.3. The summed E-state index contributed by atoms with van der Waals surface area (Å²) in [6.07, 6.45) is 16.4. The number of carbonyl (C=O) groups excluding carboxylic acids is 5. The fourth-order valence-electron chi connectivity index (χ4n) is 6.91. The van der Waals surface area contributed by atoms with Crippen molar-refractivity contribution in [3.63, 3.8) is 0 Å². The highest BCUT2D eigenvalue weighted by Crippen LogP contribution is 2.25. The number of benzene rings is 1. The average molecular weight is 695 g/mol. The number of nitrogens with zero attached hydrogens (tertiary/aromatic N) is 2. The molecule has 2 saturated heterocycles. The number of Topliss-reactive ketones (excluding diaryl/α,β-unsaturated/α-hetero) is 3. The molecule has 3 rings (SSSR count).